The van der Waals surface area contributed by atoms with Crippen molar-refractivity contribution in [1.82, 2.24) is 84.7 Å². The molecule has 5 rings (SSSR count). The Morgan fingerprint density at radius 2 is 0.759 bits per heavy atom. The number of unbranched alkanes of at least 4 members (excludes halogenated alkanes) is 11. The van der Waals surface area contributed by atoms with E-state index in [0.717, 1.165) is 84.5 Å². The van der Waals surface area contributed by atoms with Gasteiger partial charge in [-0.25, -0.2) is 0 Å². The molecule has 758 valence electrons. The van der Waals surface area contributed by atoms with Gasteiger partial charge >= 0.3 is 0 Å². The van der Waals surface area contributed by atoms with E-state index in [9.17, 15) is 82.4 Å². The molecular weight excluding hydrogens is 1820 g/mol. The summed E-state index contributed by atoms with van der Waals surface area (Å²) >= 11 is 12.4. The van der Waals surface area contributed by atoms with Gasteiger partial charge in [-0.1, -0.05) is 182 Å². The van der Waals surface area contributed by atoms with Crippen LogP contribution in [0.1, 0.15) is 180 Å². The molecule has 1 aromatic heterocycles. The van der Waals surface area contributed by atoms with Gasteiger partial charge in [-0.15, -0.1) is 0 Å². The quantitative estimate of drug-likeness (QED) is 0.0137. The van der Waals surface area contributed by atoms with Crippen LogP contribution in [-0.4, -0.2) is 268 Å². The van der Waals surface area contributed by atoms with Crippen molar-refractivity contribution >= 4 is 150 Å². The zero-order valence-corrected chi connectivity index (χ0v) is 80.7. The van der Waals surface area contributed by atoms with E-state index >= 15 is 14.4 Å². The fourth-order valence-corrected chi connectivity index (χ4v) is 15.0. The Morgan fingerprint density at radius 1 is 0.387 bits per heavy atom. The first-order valence-electron chi connectivity index (χ1n) is 46.3. The van der Waals surface area contributed by atoms with Crippen LogP contribution >= 0.6 is 37.9 Å². The maximum absolute atomic E-state index is 15.5. The third-order valence-corrected chi connectivity index (χ3v) is 23.1. The summed E-state index contributed by atoms with van der Waals surface area (Å²) < 4.78 is 0. The molecule has 16 atom stereocenters. The smallest absolute Gasteiger partial charge is 0.245 e. The van der Waals surface area contributed by atoms with Crippen LogP contribution in [0.25, 0.3) is 10.9 Å². The molecule has 5 aromatic rings. The number of thiol groups is 3. The van der Waals surface area contributed by atoms with E-state index in [-0.39, 0.29) is 102 Å². The van der Waals surface area contributed by atoms with Gasteiger partial charge in [0.15, 0.2) is 0 Å². The summed E-state index contributed by atoms with van der Waals surface area (Å²) in [5, 5.41) is 71.4. The van der Waals surface area contributed by atoms with Crippen LogP contribution in [0.5, 0.6) is 0 Å². The predicted octanol–water partition coefficient (Wildman–Crippen LogP) is -0.137. The summed E-state index contributed by atoms with van der Waals surface area (Å²) in [6, 6.07) is 11.2. The largest absolute Gasteiger partial charge is 0.394 e. The number of aromatic amines is 1. The second-order valence-electron chi connectivity index (χ2n) is 32.9. The number of nitrogens with two attached hydrogens (primary N) is 3. The Bertz CT molecular complexity index is 4570. The number of carbonyl (C=O) groups excluding carboxylic acids is 17. The number of aliphatic hydroxyl groups is 3. The Balaban J connectivity index is 0.0000160. The number of amides is 15. The number of aromatic nitrogens is 1. The topological polar surface area (TPSA) is 625 Å². The number of aldehydes is 2. The zero-order valence-electron chi connectivity index (χ0n) is 78.0. The molecule has 1 heterocycles. The number of hydrogen-bond acceptors (Lipinski definition) is 26. The highest BCUT2D eigenvalue weighted by Gasteiger charge is 2.40. The lowest BCUT2D eigenvalue weighted by molar-refractivity contribution is -0.138. The maximum atomic E-state index is 15.5. The van der Waals surface area contributed by atoms with E-state index in [4.69, 9.17) is 17.2 Å². The molecule has 4 aromatic carbocycles. The van der Waals surface area contributed by atoms with Gasteiger partial charge in [-0.05, 0) is 120 Å². The molecule has 0 aliphatic carbocycles. The van der Waals surface area contributed by atoms with Crippen LogP contribution in [0.3, 0.4) is 0 Å². The van der Waals surface area contributed by atoms with E-state index in [1.165, 1.54) is 6.92 Å². The molecule has 0 bridgehead atoms. The third-order valence-electron chi connectivity index (χ3n) is 21.9. The van der Waals surface area contributed by atoms with Gasteiger partial charge in [0.05, 0.1) is 43.9 Å². The highest BCUT2D eigenvalue weighted by Crippen LogP contribution is 2.22. The van der Waals surface area contributed by atoms with Crippen molar-refractivity contribution in [2.45, 2.75) is 280 Å². The van der Waals surface area contributed by atoms with E-state index in [2.05, 4.69) is 123 Å². The number of fused-ring (bicyclic) bond motifs is 1. The molecule has 137 heavy (non-hydrogen) atoms. The Kier molecular flexibility index (Phi) is 59.3. The van der Waals surface area contributed by atoms with Crippen LogP contribution < -0.4 is 97.0 Å². The van der Waals surface area contributed by atoms with E-state index in [1.54, 1.807) is 121 Å². The van der Waals surface area contributed by atoms with Crippen molar-refractivity contribution in [2.75, 3.05) is 50.0 Å². The summed E-state index contributed by atoms with van der Waals surface area (Å²) in [4.78, 5) is 238. The minimum atomic E-state index is -1.90. The molecule has 25 N–H and O–H groups in total. The van der Waals surface area contributed by atoms with Gasteiger partial charge in [0, 0.05) is 66.5 Å². The lowest BCUT2D eigenvalue weighted by atomic mass is 10.00. The second-order valence-corrected chi connectivity index (χ2v) is 34.0. The summed E-state index contributed by atoms with van der Waals surface area (Å²) in [6.07, 6.45) is 8.34. The Labute approximate surface area is 818 Å². The lowest BCUT2D eigenvalue weighted by Crippen LogP contribution is -2.63. The molecule has 39 nitrogen and oxygen atoms in total. The van der Waals surface area contributed by atoms with Gasteiger partial charge in [0.25, 0.3) is 0 Å². The van der Waals surface area contributed by atoms with Gasteiger partial charge in [-0.3, -0.25) is 71.9 Å². The van der Waals surface area contributed by atoms with E-state index in [1.807, 2.05) is 13.8 Å². The Morgan fingerprint density at radius 3 is 1.19 bits per heavy atom. The summed E-state index contributed by atoms with van der Waals surface area (Å²) in [5.41, 5.74) is 20.0. The molecule has 0 saturated carbocycles. The number of rotatable bonds is 67. The Hall–Kier alpha value is -11.4. The summed E-state index contributed by atoms with van der Waals surface area (Å²) in [5.74, 6) is -14.4. The average Bonchev–Trinajstić information content (AvgIpc) is 1.65. The summed E-state index contributed by atoms with van der Waals surface area (Å²) in [6.45, 7) is 7.20. The van der Waals surface area contributed by atoms with Gasteiger partial charge in [0.1, 0.15) is 85.1 Å². The molecule has 0 saturated heterocycles. The van der Waals surface area contributed by atoms with Crippen molar-refractivity contribution in [2.24, 2.45) is 17.2 Å². The van der Waals surface area contributed by atoms with Gasteiger partial charge in [0.2, 0.25) is 88.6 Å². The number of benzene rings is 4. The first-order chi connectivity index (χ1) is 65.3. The first kappa shape index (κ1) is 120. The van der Waals surface area contributed by atoms with Crippen LogP contribution in [0.15, 0.2) is 121 Å². The maximum Gasteiger partial charge on any atom is 0.245 e. The SMILES string of the molecule is C.CC.C[C@H](NC(=O)CCCCCCCCCCCCN[C@H](C=O)CS)C(=O)NCC(=O)N[C@@H](CS)C(=O)NC(CCCCN)C(=O)N[C@@H](CC(N)=O)C(=O)NC(Cc1ccccc1)C(=O)N[C@@H](Cc1ccccc1)C(=O)NC(Cc1c[nH]c2ccccc12)C(=O)N[C@@H](CCCCN)C(=O)N[C@H](C(=O)N[C@@H](Cc1ccccc1)C(=O)N[C@H](C(=O)N[C@@H](CO)C(=O)NC(C=O)CS)[C@@H](C)O)[C@@H](C)O. The third kappa shape index (κ3) is 45.2. The molecule has 0 aliphatic rings. The van der Waals surface area contributed by atoms with Crippen LogP contribution in [-0.2, 0) is 107 Å². The number of H-pyrrole nitrogens is 1. The average molecular weight is 1970 g/mol. The van der Waals surface area contributed by atoms with Crippen molar-refractivity contribution < 1.29 is 96.8 Å². The number of nitrogens with one attached hydrogen (secondary N) is 16. The van der Waals surface area contributed by atoms with Crippen molar-refractivity contribution in [3.05, 3.63) is 144 Å². The van der Waals surface area contributed by atoms with Crippen LogP contribution in [0.4, 0.5) is 0 Å². The predicted molar refractivity (Wildman–Crippen MR) is 531 cm³/mol. The minimum Gasteiger partial charge on any atom is -0.394 e. The highest BCUT2D eigenvalue weighted by molar-refractivity contribution is 7.80. The standard InChI is InChI=1S/C92H135N19O20S3.C2H6.CH4/c1-56(99-77(118)39-21-10-8-6-4-5-7-9-11-28-42-96-63(50-112)53-132)81(120)98-49-78(119)101-75(55-134)90(129)103-67(37-24-26-40-93)82(121)107-73(47-76(95)117)87(126)105-69(43-59-29-15-12-16-30-59)84(123)104-70(44-60-31-17-13-18-32-60)85(124)106-72(46-62-48-97-66-36-23-22-35-65(62)66)86(125)102-68(38-25-27-41-94)83(122)110-79(57(2)115)91(130)108-71(45-61-33-19-14-20-34-61)88(127)111-80(58(3)116)92(131)109-74(52-114)89(128)100-64(51-113)54-133;1-2;/h12-20,22-23,29-36,48,50-51,56-58,63-64,67-75,79-80,96-97,114-116,132-134H,4-11,21,24-28,37-47,49,52-55,93-94H2,1-3H3,(H2,95,117)(H,98,120)(H,99,118)(H,100,128)(H,101,119)(H,102,125)(H,103,129)(H,104,123)(H,105,126)(H,106,124)(H,107,121)(H,108,130)(H,109,131)(H,110,122)(H,111,127);1-2H3;1H4/t56-,57+,58+,63+,64?,67?,68-,69?,70-,71-,72?,73-,74-,75-,79-,80-;;/m0../s1. The fraction of sp³-hybridized carbons (Fsp3) is 0.547. The first-order valence-corrected chi connectivity index (χ1v) is 48.2. The number of aliphatic hydroxyl groups excluding tert-OH is 3. The van der Waals surface area contributed by atoms with Crippen molar-refractivity contribution in [3.8, 4) is 0 Å². The minimum absolute atomic E-state index is 0. The molecule has 42 heteroatoms. The van der Waals surface area contributed by atoms with Crippen molar-refractivity contribution in [1.29, 1.82) is 0 Å². The van der Waals surface area contributed by atoms with Crippen LogP contribution in [0, 0.1) is 0 Å². The zero-order chi connectivity index (χ0) is 100. The van der Waals surface area contributed by atoms with Gasteiger partial charge in [-0.2, -0.15) is 37.9 Å². The number of hydrogen-bond donors (Lipinski definition) is 25. The van der Waals surface area contributed by atoms with Crippen LogP contribution in [0.2, 0.25) is 0 Å². The van der Waals surface area contributed by atoms with Crippen molar-refractivity contribution in [3.63, 3.8) is 0 Å². The van der Waals surface area contributed by atoms with Gasteiger partial charge < -0.3 is 127 Å². The van der Waals surface area contributed by atoms with E-state index in [0.29, 0.717) is 64.5 Å². The molecule has 0 spiro atoms. The normalized spacial score (nSPS) is 14.5. The number of primary amides is 1. The second kappa shape index (κ2) is 67.8. The summed E-state index contributed by atoms with van der Waals surface area (Å²) in [7, 11) is 0. The van der Waals surface area contributed by atoms with E-state index < -0.39 is 193 Å². The molecule has 0 fully saturated rings. The fourth-order valence-electron chi connectivity index (χ4n) is 14.3. The number of carbonyl (C=O) groups is 17. The molecule has 0 radical (unpaired) electrons. The highest BCUT2D eigenvalue weighted by atomic mass is 32.1. The monoisotopic (exact) mass is 1970 g/mol. The molecular formula is C95H145N19O20S3. The molecule has 0 aliphatic heterocycles. The molecule has 4 unspecified atom stereocenters. The lowest BCUT2D eigenvalue weighted by Gasteiger charge is -2.29. The number of para-hydroxylation sites is 1. The molecule has 15 amide bonds.